The Hall–Kier alpha value is -2.82. The smallest absolute Gasteiger partial charge is 0.319 e. The standard InChI is InChI=1S/C17H17N3O3S/c1-2-13-4-3-5-15(12-13)20-17(21)19-11-10-14-6-8-16(9-7-14)24(18,22)23/h1,3-9,12H,10-11H2,(H2,18,22,23)(H2,19,20,21). The number of nitrogens with two attached hydrogens (primary N) is 1. The Morgan fingerprint density at radius 1 is 1.17 bits per heavy atom. The molecule has 0 aliphatic heterocycles. The van der Waals surface area contributed by atoms with Crippen molar-refractivity contribution in [2.45, 2.75) is 11.3 Å². The fourth-order valence-corrected chi connectivity index (χ4v) is 2.54. The highest BCUT2D eigenvalue weighted by Crippen LogP contribution is 2.10. The molecule has 2 aromatic carbocycles. The lowest BCUT2D eigenvalue weighted by Crippen LogP contribution is -2.30. The van der Waals surface area contributed by atoms with Crippen molar-refractivity contribution in [2.24, 2.45) is 5.14 Å². The highest BCUT2D eigenvalue weighted by atomic mass is 32.2. The van der Waals surface area contributed by atoms with Gasteiger partial charge in [0.25, 0.3) is 0 Å². The highest BCUT2D eigenvalue weighted by Gasteiger charge is 2.07. The van der Waals surface area contributed by atoms with E-state index in [0.29, 0.717) is 24.2 Å². The van der Waals surface area contributed by atoms with Gasteiger partial charge in [-0.3, -0.25) is 0 Å². The Balaban J connectivity index is 1.83. The van der Waals surface area contributed by atoms with Crippen LogP contribution in [-0.2, 0) is 16.4 Å². The van der Waals surface area contributed by atoms with Crippen LogP contribution in [0.25, 0.3) is 0 Å². The molecule has 2 amide bonds. The number of urea groups is 1. The number of nitrogens with one attached hydrogen (secondary N) is 2. The average molecular weight is 343 g/mol. The fourth-order valence-electron chi connectivity index (χ4n) is 2.03. The van der Waals surface area contributed by atoms with Crippen LogP contribution in [0.1, 0.15) is 11.1 Å². The van der Waals surface area contributed by atoms with Crippen molar-refractivity contribution in [1.29, 1.82) is 0 Å². The molecule has 0 heterocycles. The predicted molar refractivity (Wildman–Crippen MR) is 92.9 cm³/mol. The van der Waals surface area contributed by atoms with E-state index in [9.17, 15) is 13.2 Å². The summed E-state index contributed by atoms with van der Waals surface area (Å²) in [4.78, 5) is 11.9. The van der Waals surface area contributed by atoms with Crippen LogP contribution in [0.3, 0.4) is 0 Å². The number of primary sulfonamides is 1. The van der Waals surface area contributed by atoms with E-state index < -0.39 is 10.0 Å². The molecule has 24 heavy (non-hydrogen) atoms. The van der Waals surface area contributed by atoms with Gasteiger partial charge in [0, 0.05) is 17.8 Å². The van der Waals surface area contributed by atoms with Crippen molar-refractivity contribution < 1.29 is 13.2 Å². The first-order chi connectivity index (χ1) is 11.4. The summed E-state index contributed by atoms with van der Waals surface area (Å²) in [5, 5.41) is 10.4. The predicted octanol–water partition coefficient (Wildman–Crippen LogP) is 1.68. The summed E-state index contributed by atoms with van der Waals surface area (Å²) >= 11 is 0. The van der Waals surface area contributed by atoms with Crippen LogP contribution in [0, 0.1) is 12.3 Å². The van der Waals surface area contributed by atoms with Crippen LogP contribution in [0.5, 0.6) is 0 Å². The Labute approximate surface area is 141 Å². The van der Waals surface area contributed by atoms with Crippen molar-refractivity contribution in [3.63, 3.8) is 0 Å². The van der Waals surface area contributed by atoms with Gasteiger partial charge in [0.1, 0.15) is 0 Å². The molecule has 4 N–H and O–H groups in total. The van der Waals surface area contributed by atoms with Crippen LogP contribution in [0.15, 0.2) is 53.4 Å². The molecule has 0 aliphatic carbocycles. The summed E-state index contributed by atoms with van der Waals surface area (Å²) in [7, 11) is -3.69. The SMILES string of the molecule is C#Cc1cccc(NC(=O)NCCc2ccc(S(N)(=O)=O)cc2)c1. The second-order valence-corrected chi connectivity index (χ2v) is 6.61. The van der Waals surface area contributed by atoms with E-state index in [0.717, 1.165) is 5.56 Å². The van der Waals surface area contributed by atoms with Gasteiger partial charge in [-0.25, -0.2) is 18.4 Å². The van der Waals surface area contributed by atoms with Crippen LogP contribution >= 0.6 is 0 Å². The van der Waals surface area contributed by atoms with E-state index in [1.54, 1.807) is 36.4 Å². The molecule has 0 atom stereocenters. The molecule has 6 nitrogen and oxygen atoms in total. The molecule has 7 heteroatoms. The maximum Gasteiger partial charge on any atom is 0.319 e. The van der Waals surface area contributed by atoms with Gasteiger partial charge in [-0.2, -0.15) is 0 Å². The van der Waals surface area contributed by atoms with Crippen molar-refractivity contribution in [2.75, 3.05) is 11.9 Å². The van der Waals surface area contributed by atoms with E-state index in [-0.39, 0.29) is 10.9 Å². The zero-order valence-corrected chi connectivity index (χ0v) is 13.6. The van der Waals surface area contributed by atoms with Gasteiger partial charge < -0.3 is 10.6 Å². The third-order valence-corrected chi connectivity index (χ3v) is 4.17. The maximum absolute atomic E-state index is 11.8. The summed E-state index contributed by atoms with van der Waals surface area (Å²) in [5.74, 6) is 2.50. The Bertz CT molecular complexity index is 869. The lowest BCUT2D eigenvalue weighted by molar-refractivity contribution is 0.252. The van der Waals surface area contributed by atoms with Gasteiger partial charge in [0.2, 0.25) is 10.0 Å². The molecular weight excluding hydrogens is 326 g/mol. The van der Waals surface area contributed by atoms with Crippen molar-refractivity contribution in [1.82, 2.24) is 5.32 Å². The van der Waals surface area contributed by atoms with Gasteiger partial charge in [-0.15, -0.1) is 6.42 Å². The molecular formula is C17H17N3O3S. The number of carbonyl (C=O) groups is 1. The van der Waals surface area contributed by atoms with Gasteiger partial charge in [-0.1, -0.05) is 24.1 Å². The lowest BCUT2D eigenvalue weighted by atomic mass is 10.1. The molecule has 0 radical (unpaired) electrons. The van der Waals surface area contributed by atoms with Gasteiger partial charge in [0.05, 0.1) is 4.90 Å². The lowest BCUT2D eigenvalue weighted by Gasteiger charge is -2.08. The van der Waals surface area contributed by atoms with Gasteiger partial charge >= 0.3 is 6.03 Å². The summed E-state index contributed by atoms with van der Waals surface area (Å²) in [5.41, 5.74) is 2.18. The topological polar surface area (TPSA) is 101 Å². The Morgan fingerprint density at radius 2 is 1.88 bits per heavy atom. The largest absolute Gasteiger partial charge is 0.338 e. The Kier molecular flexibility index (Phi) is 5.58. The van der Waals surface area contributed by atoms with E-state index >= 15 is 0 Å². The maximum atomic E-state index is 11.8. The minimum atomic E-state index is -3.69. The molecule has 0 fully saturated rings. The van der Waals surface area contributed by atoms with Crippen molar-refractivity contribution in [3.05, 3.63) is 59.7 Å². The summed E-state index contributed by atoms with van der Waals surface area (Å²) < 4.78 is 22.3. The third-order valence-electron chi connectivity index (χ3n) is 3.24. The molecule has 0 saturated heterocycles. The quantitative estimate of drug-likeness (QED) is 0.720. The molecule has 124 valence electrons. The molecule has 2 aromatic rings. The molecule has 0 spiro atoms. The van der Waals surface area contributed by atoms with Gasteiger partial charge in [0.15, 0.2) is 0 Å². The molecule has 0 bridgehead atoms. The van der Waals surface area contributed by atoms with E-state index in [1.165, 1.54) is 12.1 Å². The number of sulfonamides is 1. The van der Waals surface area contributed by atoms with Crippen LogP contribution in [0.4, 0.5) is 10.5 Å². The minimum Gasteiger partial charge on any atom is -0.338 e. The number of rotatable bonds is 5. The second kappa shape index (κ2) is 7.64. The van der Waals surface area contributed by atoms with E-state index in [2.05, 4.69) is 16.6 Å². The van der Waals surface area contributed by atoms with E-state index in [4.69, 9.17) is 11.6 Å². The highest BCUT2D eigenvalue weighted by molar-refractivity contribution is 7.89. The summed E-state index contributed by atoms with van der Waals surface area (Å²) in [6.45, 7) is 0.398. The molecule has 0 unspecified atom stereocenters. The van der Waals surface area contributed by atoms with Crippen molar-refractivity contribution >= 4 is 21.7 Å². The second-order valence-electron chi connectivity index (χ2n) is 5.05. The minimum absolute atomic E-state index is 0.0605. The number of terminal acetylenes is 1. The average Bonchev–Trinajstić information content (AvgIpc) is 2.54. The molecule has 0 aromatic heterocycles. The van der Waals surface area contributed by atoms with Crippen LogP contribution in [0.2, 0.25) is 0 Å². The summed E-state index contributed by atoms with van der Waals surface area (Å²) in [6, 6.07) is 12.8. The number of benzene rings is 2. The third kappa shape index (κ3) is 5.12. The molecule has 0 saturated carbocycles. The zero-order valence-electron chi connectivity index (χ0n) is 12.8. The number of amides is 2. The number of hydrogen-bond donors (Lipinski definition) is 3. The monoisotopic (exact) mass is 343 g/mol. The first-order valence-corrected chi connectivity index (χ1v) is 8.66. The van der Waals surface area contributed by atoms with Crippen molar-refractivity contribution in [3.8, 4) is 12.3 Å². The summed E-state index contributed by atoms with van der Waals surface area (Å²) in [6.07, 6.45) is 5.87. The fraction of sp³-hybridized carbons (Fsp3) is 0.118. The van der Waals surface area contributed by atoms with Crippen LogP contribution in [-0.4, -0.2) is 21.0 Å². The van der Waals surface area contributed by atoms with Crippen LogP contribution < -0.4 is 15.8 Å². The molecule has 2 rings (SSSR count). The first-order valence-electron chi connectivity index (χ1n) is 7.12. The number of anilines is 1. The zero-order chi connectivity index (χ0) is 17.6. The number of carbonyl (C=O) groups excluding carboxylic acids is 1. The Morgan fingerprint density at radius 3 is 2.50 bits per heavy atom. The van der Waals surface area contributed by atoms with Gasteiger partial charge in [-0.05, 0) is 42.3 Å². The first kappa shape index (κ1) is 17.5. The number of hydrogen-bond acceptors (Lipinski definition) is 3. The van der Waals surface area contributed by atoms with E-state index in [1.807, 2.05) is 0 Å². The molecule has 0 aliphatic rings. The normalized spacial score (nSPS) is 10.7.